The van der Waals surface area contributed by atoms with Crippen LogP contribution in [0.15, 0.2) is 34.5 Å². The van der Waals surface area contributed by atoms with E-state index < -0.39 is 38.7 Å². The van der Waals surface area contributed by atoms with Crippen molar-refractivity contribution in [3.05, 3.63) is 45.6 Å². The van der Waals surface area contributed by atoms with Crippen LogP contribution in [0.5, 0.6) is 0 Å². The van der Waals surface area contributed by atoms with Gasteiger partial charge in [0.05, 0.1) is 23.6 Å². The van der Waals surface area contributed by atoms with Crippen LogP contribution in [-0.4, -0.2) is 32.7 Å². The zero-order valence-corrected chi connectivity index (χ0v) is 16.6. The highest BCUT2D eigenvalue weighted by Crippen LogP contribution is 2.35. The molecule has 6 nitrogen and oxygen atoms in total. The quantitative estimate of drug-likeness (QED) is 0.718. The number of amides is 1. The topological polar surface area (TPSA) is 89.5 Å². The zero-order valence-electron chi connectivity index (χ0n) is 15.0. The number of rotatable bonds is 5. The molecule has 1 amide bonds. The van der Waals surface area contributed by atoms with Gasteiger partial charge in [-0.2, -0.15) is 13.2 Å². The molecule has 0 aliphatic heterocycles. The fraction of sp³-hybridized carbons (Fsp3) is 0.294. The van der Waals surface area contributed by atoms with Crippen molar-refractivity contribution in [2.24, 2.45) is 0 Å². The molecule has 0 radical (unpaired) electrons. The maximum Gasteiger partial charge on any atom is 0.416 e. The number of benzene rings is 1. The molecule has 0 aliphatic rings. The maximum atomic E-state index is 12.6. The van der Waals surface area contributed by atoms with Gasteiger partial charge in [0.25, 0.3) is 5.91 Å². The zero-order chi connectivity index (χ0) is 21.3. The second-order valence-electron chi connectivity index (χ2n) is 5.92. The molecule has 152 valence electrons. The first-order valence-electron chi connectivity index (χ1n) is 7.82. The van der Waals surface area contributed by atoms with E-state index in [1.54, 1.807) is 0 Å². The van der Waals surface area contributed by atoms with Crippen LogP contribution in [0, 0.1) is 0 Å². The van der Waals surface area contributed by atoms with Gasteiger partial charge in [0.1, 0.15) is 9.77 Å². The molecule has 1 aromatic heterocycles. The highest BCUT2D eigenvalue weighted by molar-refractivity contribution is 7.92. The van der Waals surface area contributed by atoms with Gasteiger partial charge >= 0.3 is 12.1 Å². The van der Waals surface area contributed by atoms with Crippen molar-refractivity contribution in [3.63, 3.8) is 0 Å². The Kier molecular flexibility index (Phi) is 6.19. The van der Waals surface area contributed by atoms with Crippen molar-refractivity contribution < 1.29 is 35.9 Å². The van der Waals surface area contributed by atoms with Gasteiger partial charge in [-0.1, -0.05) is 0 Å². The predicted octanol–water partition coefficient (Wildman–Crippen LogP) is 3.99. The van der Waals surface area contributed by atoms with Crippen LogP contribution in [0.1, 0.15) is 39.4 Å². The number of sulfone groups is 1. The molecule has 0 atom stereocenters. The summed E-state index contributed by atoms with van der Waals surface area (Å²) in [6.07, 6.45) is -4.56. The molecule has 28 heavy (non-hydrogen) atoms. The maximum absolute atomic E-state index is 12.6. The molecular weight excluding hydrogens is 419 g/mol. The Morgan fingerprint density at radius 2 is 1.71 bits per heavy atom. The van der Waals surface area contributed by atoms with Gasteiger partial charge in [-0.3, -0.25) is 4.79 Å². The normalized spacial score (nSPS) is 12.1. The summed E-state index contributed by atoms with van der Waals surface area (Å²) in [5.41, 5.74) is -1.32. The number of nitrogens with one attached hydrogen (secondary N) is 1. The molecule has 2 aromatic rings. The number of thiophene rings is 1. The minimum Gasteiger partial charge on any atom is -0.465 e. The van der Waals surface area contributed by atoms with Crippen LogP contribution in [0.25, 0.3) is 0 Å². The Morgan fingerprint density at radius 3 is 2.18 bits per heavy atom. The molecule has 0 saturated heterocycles. The van der Waals surface area contributed by atoms with Crippen LogP contribution in [0.3, 0.4) is 0 Å². The Morgan fingerprint density at radius 1 is 1.14 bits per heavy atom. The molecule has 0 unspecified atom stereocenters. The number of hydrogen-bond donors (Lipinski definition) is 1. The Bertz CT molecular complexity index is 993. The molecule has 0 bridgehead atoms. The van der Waals surface area contributed by atoms with E-state index in [4.69, 9.17) is 0 Å². The van der Waals surface area contributed by atoms with Crippen LogP contribution in [-0.2, 0) is 20.8 Å². The van der Waals surface area contributed by atoms with E-state index in [1.807, 2.05) is 0 Å². The number of methoxy groups -OCH3 is 1. The number of anilines is 1. The van der Waals surface area contributed by atoms with Crippen molar-refractivity contribution in [1.82, 2.24) is 0 Å². The van der Waals surface area contributed by atoms with Crippen molar-refractivity contribution in [1.29, 1.82) is 0 Å². The van der Waals surface area contributed by atoms with Gasteiger partial charge in [-0.05, 0) is 38.1 Å². The second-order valence-corrected chi connectivity index (χ2v) is 9.27. The van der Waals surface area contributed by atoms with E-state index in [9.17, 15) is 31.2 Å². The minimum absolute atomic E-state index is 0.136. The van der Waals surface area contributed by atoms with Crippen LogP contribution in [0.2, 0.25) is 0 Å². The Hall–Kier alpha value is -2.40. The number of carbonyl (C=O) groups is 2. The summed E-state index contributed by atoms with van der Waals surface area (Å²) in [4.78, 5) is 24.0. The van der Waals surface area contributed by atoms with E-state index in [0.29, 0.717) is 0 Å². The molecular formula is C17H16F3NO5S2. The minimum atomic E-state index is -4.56. The molecule has 1 N–H and O–H groups in total. The number of esters is 1. The van der Waals surface area contributed by atoms with E-state index in [0.717, 1.165) is 42.7 Å². The molecule has 0 saturated carbocycles. The molecule has 2 rings (SSSR count). The summed E-state index contributed by atoms with van der Waals surface area (Å²) in [5, 5.41) is 2.71. The lowest BCUT2D eigenvalue weighted by Gasteiger charge is -2.12. The van der Waals surface area contributed by atoms with E-state index in [-0.39, 0.29) is 21.0 Å². The first-order chi connectivity index (χ1) is 12.9. The highest BCUT2D eigenvalue weighted by Gasteiger charge is 2.32. The lowest BCUT2D eigenvalue weighted by molar-refractivity contribution is -0.137. The number of ether oxygens (including phenoxy) is 1. The fourth-order valence-electron chi connectivity index (χ4n) is 2.16. The van der Waals surface area contributed by atoms with Crippen molar-refractivity contribution in [2.45, 2.75) is 30.2 Å². The summed E-state index contributed by atoms with van der Waals surface area (Å²) >= 11 is 0.779. The molecule has 0 spiro atoms. The van der Waals surface area contributed by atoms with Crippen LogP contribution >= 0.6 is 11.3 Å². The third-order valence-corrected chi connectivity index (χ3v) is 7.05. The van der Waals surface area contributed by atoms with Gasteiger partial charge in [0.15, 0.2) is 9.84 Å². The number of halogens is 3. The fourth-order valence-corrected chi connectivity index (χ4v) is 4.66. The van der Waals surface area contributed by atoms with Gasteiger partial charge in [-0.15, -0.1) is 11.3 Å². The van der Waals surface area contributed by atoms with Crippen LogP contribution < -0.4 is 5.32 Å². The molecule has 11 heteroatoms. The lowest BCUT2D eigenvalue weighted by Crippen LogP contribution is -2.19. The number of carbonyl (C=O) groups excluding carboxylic acids is 2. The Balaban J connectivity index is 2.45. The third kappa shape index (κ3) is 4.36. The highest BCUT2D eigenvalue weighted by atomic mass is 32.2. The summed E-state index contributed by atoms with van der Waals surface area (Å²) in [6, 6.07) is 3.38. The van der Waals surface area contributed by atoms with Crippen LogP contribution in [0.4, 0.5) is 18.9 Å². The summed E-state index contributed by atoms with van der Waals surface area (Å²) in [5.74, 6) is -1.71. The van der Waals surface area contributed by atoms with E-state index in [1.165, 1.54) is 19.2 Å². The van der Waals surface area contributed by atoms with Gasteiger partial charge in [-0.25, -0.2) is 13.2 Å². The first kappa shape index (κ1) is 21.9. The average molecular weight is 435 g/mol. The standard InChI is InChI=1S/C17H16F3NO5S2/c1-9(2)28(24,25)12-8-27-14(16(23)26-3)13(12)21-15(22)10-4-6-11(7-5-10)17(18,19)20/h4-9H,1-3H3,(H,21,22). The molecule has 0 fully saturated rings. The van der Waals surface area contributed by atoms with Gasteiger partial charge in [0, 0.05) is 10.9 Å². The first-order valence-corrected chi connectivity index (χ1v) is 10.2. The SMILES string of the molecule is COC(=O)c1scc(S(=O)(=O)C(C)C)c1NC(=O)c1ccc(C(F)(F)F)cc1. The summed E-state index contributed by atoms with van der Waals surface area (Å²) < 4.78 is 67.6. The number of alkyl halides is 3. The van der Waals surface area contributed by atoms with E-state index in [2.05, 4.69) is 10.1 Å². The van der Waals surface area contributed by atoms with Crippen molar-refractivity contribution in [3.8, 4) is 0 Å². The monoisotopic (exact) mass is 435 g/mol. The third-order valence-electron chi connectivity index (χ3n) is 3.77. The lowest BCUT2D eigenvalue weighted by atomic mass is 10.1. The Labute approximate surface area is 163 Å². The molecule has 1 aromatic carbocycles. The smallest absolute Gasteiger partial charge is 0.416 e. The largest absolute Gasteiger partial charge is 0.465 e. The average Bonchev–Trinajstić information content (AvgIpc) is 3.04. The van der Waals surface area contributed by atoms with Crippen molar-refractivity contribution in [2.75, 3.05) is 12.4 Å². The molecule has 1 heterocycles. The number of hydrogen-bond acceptors (Lipinski definition) is 6. The van der Waals surface area contributed by atoms with Crippen molar-refractivity contribution >= 4 is 38.7 Å². The van der Waals surface area contributed by atoms with Gasteiger partial charge in [0.2, 0.25) is 0 Å². The second kappa shape index (κ2) is 7.92. The summed E-state index contributed by atoms with van der Waals surface area (Å²) in [7, 11) is -2.75. The van der Waals surface area contributed by atoms with E-state index >= 15 is 0 Å². The molecule has 0 aliphatic carbocycles. The predicted molar refractivity (Wildman–Crippen MR) is 97.4 cm³/mol. The summed E-state index contributed by atoms with van der Waals surface area (Å²) in [6.45, 7) is 2.87. The van der Waals surface area contributed by atoms with Gasteiger partial charge < -0.3 is 10.1 Å².